The molecule has 2 aromatic heterocycles. The number of fused-ring (bicyclic) bond motifs is 1. The molecule has 0 radical (unpaired) electrons. The summed E-state index contributed by atoms with van der Waals surface area (Å²) in [6, 6.07) is 21.5. The number of carbonyl (C=O) groups excluding carboxylic acids is 1. The average molecular weight is 491 g/mol. The normalized spacial score (nSPS) is 10.9. The molecule has 2 heterocycles. The SMILES string of the molecule is Cc1cc(C)c2oc(-c3ccc(C(=O)Nc4ccc(Nc5nc(C)cc(C)n5)cc4)cc3)cc(=O)c2c1. The van der Waals surface area contributed by atoms with E-state index in [-0.39, 0.29) is 11.3 Å². The van der Waals surface area contributed by atoms with E-state index in [4.69, 9.17) is 4.42 Å². The molecule has 0 aliphatic heterocycles. The van der Waals surface area contributed by atoms with Crippen LogP contribution >= 0.6 is 0 Å². The molecule has 184 valence electrons. The third-order valence-corrected chi connectivity index (χ3v) is 5.97. The van der Waals surface area contributed by atoms with Crippen LogP contribution in [0.15, 0.2) is 82.0 Å². The first-order valence-electron chi connectivity index (χ1n) is 11.9. The van der Waals surface area contributed by atoms with Crippen LogP contribution in [0, 0.1) is 27.7 Å². The first-order chi connectivity index (χ1) is 17.7. The molecular weight excluding hydrogens is 464 g/mol. The largest absolute Gasteiger partial charge is 0.456 e. The van der Waals surface area contributed by atoms with Crippen LogP contribution in [0.2, 0.25) is 0 Å². The van der Waals surface area contributed by atoms with E-state index in [9.17, 15) is 9.59 Å². The van der Waals surface area contributed by atoms with Gasteiger partial charge in [-0.15, -0.1) is 0 Å². The monoisotopic (exact) mass is 490 g/mol. The third kappa shape index (κ3) is 5.26. The van der Waals surface area contributed by atoms with E-state index in [1.165, 1.54) is 6.07 Å². The first kappa shape index (κ1) is 23.9. The van der Waals surface area contributed by atoms with Crippen molar-refractivity contribution >= 4 is 34.2 Å². The molecule has 0 unspecified atom stereocenters. The Bertz CT molecular complexity index is 1670. The Morgan fingerprint density at radius 1 is 0.784 bits per heavy atom. The van der Waals surface area contributed by atoms with Crippen LogP contribution in [0.1, 0.15) is 32.9 Å². The van der Waals surface area contributed by atoms with Crippen molar-refractivity contribution < 1.29 is 9.21 Å². The maximum Gasteiger partial charge on any atom is 0.255 e. The highest BCUT2D eigenvalue weighted by Crippen LogP contribution is 2.26. The van der Waals surface area contributed by atoms with Crippen molar-refractivity contribution in [1.82, 2.24) is 9.97 Å². The molecule has 2 N–H and O–H groups in total. The summed E-state index contributed by atoms with van der Waals surface area (Å²) in [7, 11) is 0. The smallest absolute Gasteiger partial charge is 0.255 e. The third-order valence-electron chi connectivity index (χ3n) is 5.97. The molecule has 5 rings (SSSR count). The summed E-state index contributed by atoms with van der Waals surface area (Å²) < 4.78 is 6.06. The van der Waals surface area contributed by atoms with Crippen molar-refractivity contribution in [2.24, 2.45) is 0 Å². The summed E-state index contributed by atoms with van der Waals surface area (Å²) in [5, 5.41) is 6.65. The second kappa shape index (κ2) is 9.70. The standard InChI is InChI=1S/C30H26N4O3/c1-17-13-18(2)28-25(14-17)26(35)16-27(37-28)21-5-7-22(8-6-21)29(36)33-23-9-11-24(12-10-23)34-30-31-19(3)15-20(4)32-30/h5-16H,1-4H3,(H,33,36)(H,31,32,34). The fourth-order valence-electron chi connectivity index (χ4n) is 4.29. The van der Waals surface area contributed by atoms with E-state index in [2.05, 4.69) is 20.6 Å². The topological polar surface area (TPSA) is 97.1 Å². The molecule has 0 atom stereocenters. The van der Waals surface area contributed by atoms with Gasteiger partial charge in [-0.3, -0.25) is 9.59 Å². The lowest BCUT2D eigenvalue weighted by Gasteiger charge is -2.09. The molecule has 0 fully saturated rings. The highest BCUT2D eigenvalue weighted by molar-refractivity contribution is 6.04. The van der Waals surface area contributed by atoms with Gasteiger partial charge >= 0.3 is 0 Å². The molecule has 3 aromatic carbocycles. The fraction of sp³-hybridized carbons (Fsp3) is 0.133. The van der Waals surface area contributed by atoms with Crippen molar-refractivity contribution in [3.05, 3.63) is 111 Å². The Kier molecular flexibility index (Phi) is 6.27. The van der Waals surface area contributed by atoms with Gasteiger partial charge in [0.15, 0.2) is 5.43 Å². The Balaban J connectivity index is 1.29. The number of hydrogen-bond acceptors (Lipinski definition) is 6. The molecule has 7 nitrogen and oxygen atoms in total. The van der Waals surface area contributed by atoms with E-state index in [1.54, 1.807) is 24.3 Å². The maximum atomic E-state index is 12.8. The molecule has 37 heavy (non-hydrogen) atoms. The Hall–Kier alpha value is -4.78. The van der Waals surface area contributed by atoms with Crippen LogP contribution < -0.4 is 16.1 Å². The van der Waals surface area contributed by atoms with Crippen molar-refractivity contribution in [2.45, 2.75) is 27.7 Å². The van der Waals surface area contributed by atoms with Gasteiger partial charge in [-0.05, 0) is 87.4 Å². The second-order valence-corrected chi connectivity index (χ2v) is 9.14. The zero-order valence-corrected chi connectivity index (χ0v) is 21.0. The summed E-state index contributed by atoms with van der Waals surface area (Å²) in [6.07, 6.45) is 0. The second-order valence-electron chi connectivity index (χ2n) is 9.14. The average Bonchev–Trinajstić information content (AvgIpc) is 2.85. The molecule has 5 aromatic rings. The number of nitrogens with one attached hydrogen (secondary N) is 2. The summed E-state index contributed by atoms with van der Waals surface area (Å²) in [5.41, 5.74) is 6.87. The fourth-order valence-corrected chi connectivity index (χ4v) is 4.29. The zero-order chi connectivity index (χ0) is 26.1. The van der Waals surface area contributed by atoms with Crippen LogP contribution in [0.4, 0.5) is 17.3 Å². The van der Waals surface area contributed by atoms with Gasteiger partial charge in [-0.25, -0.2) is 9.97 Å². The summed E-state index contributed by atoms with van der Waals surface area (Å²) in [4.78, 5) is 34.2. The number of anilines is 3. The van der Waals surface area contributed by atoms with Gasteiger partial charge in [0.25, 0.3) is 5.91 Å². The van der Waals surface area contributed by atoms with Crippen molar-refractivity contribution in [1.29, 1.82) is 0 Å². The van der Waals surface area contributed by atoms with Crippen LogP contribution in [0.25, 0.3) is 22.3 Å². The highest BCUT2D eigenvalue weighted by atomic mass is 16.3. The summed E-state index contributed by atoms with van der Waals surface area (Å²) >= 11 is 0. The van der Waals surface area contributed by atoms with E-state index in [0.717, 1.165) is 33.8 Å². The Morgan fingerprint density at radius 3 is 2.11 bits per heavy atom. The Labute approximate surface area is 214 Å². The lowest BCUT2D eigenvalue weighted by Crippen LogP contribution is -2.11. The van der Waals surface area contributed by atoms with Crippen LogP contribution in [-0.4, -0.2) is 15.9 Å². The number of aryl methyl sites for hydroxylation is 4. The minimum atomic E-state index is -0.240. The van der Waals surface area contributed by atoms with Gasteiger partial charge in [0, 0.05) is 40.0 Å². The minimum Gasteiger partial charge on any atom is -0.456 e. The number of benzene rings is 3. The Morgan fingerprint density at radius 2 is 1.43 bits per heavy atom. The molecule has 0 saturated heterocycles. The van der Waals surface area contributed by atoms with Gasteiger partial charge in [0.05, 0.1) is 5.39 Å². The number of aromatic nitrogens is 2. The van der Waals surface area contributed by atoms with E-state index >= 15 is 0 Å². The molecule has 7 heteroatoms. The van der Waals surface area contributed by atoms with Gasteiger partial charge < -0.3 is 15.1 Å². The molecule has 0 aliphatic rings. The summed E-state index contributed by atoms with van der Waals surface area (Å²) in [5.74, 6) is 0.755. The molecule has 0 saturated carbocycles. The maximum absolute atomic E-state index is 12.8. The van der Waals surface area contributed by atoms with Crippen LogP contribution in [0.3, 0.4) is 0 Å². The number of rotatable bonds is 5. The minimum absolute atomic E-state index is 0.0908. The van der Waals surface area contributed by atoms with E-state index < -0.39 is 0 Å². The van der Waals surface area contributed by atoms with Gasteiger partial charge in [-0.2, -0.15) is 0 Å². The highest BCUT2D eigenvalue weighted by Gasteiger charge is 2.12. The van der Waals surface area contributed by atoms with Gasteiger partial charge in [0.2, 0.25) is 5.95 Å². The lowest BCUT2D eigenvalue weighted by molar-refractivity contribution is 0.102. The van der Waals surface area contributed by atoms with E-state index in [0.29, 0.717) is 33.9 Å². The van der Waals surface area contributed by atoms with Crippen molar-refractivity contribution in [2.75, 3.05) is 10.6 Å². The molecule has 1 amide bonds. The zero-order valence-electron chi connectivity index (χ0n) is 21.0. The molecule has 0 spiro atoms. The first-order valence-corrected chi connectivity index (χ1v) is 11.9. The molecule has 0 bridgehead atoms. The quantitative estimate of drug-likeness (QED) is 0.293. The number of hydrogen-bond donors (Lipinski definition) is 2. The number of carbonyl (C=O) groups is 1. The van der Waals surface area contributed by atoms with Crippen LogP contribution in [-0.2, 0) is 0 Å². The number of amides is 1. The van der Waals surface area contributed by atoms with Crippen LogP contribution in [0.5, 0.6) is 0 Å². The molecule has 0 aliphatic carbocycles. The summed E-state index contributed by atoms with van der Waals surface area (Å²) in [6.45, 7) is 7.72. The predicted molar refractivity (Wildman–Crippen MR) is 147 cm³/mol. The predicted octanol–water partition coefficient (Wildman–Crippen LogP) is 6.48. The van der Waals surface area contributed by atoms with E-state index in [1.807, 2.05) is 70.2 Å². The number of nitrogens with zero attached hydrogens (tertiary/aromatic N) is 2. The van der Waals surface area contributed by atoms with Crippen molar-refractivity contribution in [3.8, 4) is 11.3 Å². The molecular formula is C30H26N4O3. The van der Waals surface area contributed by atoms with Crippen molar-refractivity contribution in [3.63, 3.8) is 0 Å². The lowest BCUT2D eigenvalue weighted by atomic mass is 10.1. The van der Waals surface area contributed by atoms with Gasteiger partial charge in [-0.1, -0.05) is 18.2 Å². The van der Waals surface area contributed by atoms with Gasteiger partial charge in [0.1, 0.15) is 11.3 Å².